The standard InChI is InChI=1S/C10H15N2O2/c1-12(5-6-13)8-3-4-9(11)10(7-8)14-2/h3-4,7,11,13H,5-6H2,1-2H3/q+1. The van der Waals surface area contributed by atoms with Crippen molar-refractivity contribution >= 4 is 11.4 Å². The number of allylic oxidation sites excluding steroid dienone is 3. The van der Waals surface area contributed by atoms with Gasteiger partial charge in [-0.05, 0) is 6.08 Å². The van der Waals surface area contributed by atoms with Crippen molar-refractivity contribution in [1.29, 1.82) is 5.41 Å². The van der Waals surface area contributed by atoms with Crippen LogP contribution in [0.4, 0.5) is 0 Å². The highest BCUT2D eigenvalue weighted by Gasteiger charge is 2.14. The van der Waals surface area contributed by atoms with Crippen LogP contribution in [0.15, 0.2) is 24.0 Å². The van der Waals surface area contributed by atoms with E-state index in [1.807, 2.05) is 17.7 Å². The number of rotatable bonds is 3. The maximum absolute atomic E-state index is 8.77. The summed E-state index contributed by atoms with van der Waals surface area (Å²) in [5, 5.41) is 16.3. The molecular formula is C10H15N2O2+. The van der Waals surface area contributed by atoms with Gasteiger partial charge < -0.3 is 9.84 Å². The highest BCUT2D eigenvalue weighted by molar-refractivity contribution is 6.17. The quantitative estimate of drug-likeness (QED) is 0.498. The zero-order valence-electron chi connectivity index (χ0n) is 8.45. The van der Waals surface area contributed by atoms with Gasteiger partial charge in [-0.15, -0.1) is 0 Å². The van der Waals surface area contributed by atoms with Crippen LogP contribution in [0.5, 0.6) is 0 Å². The summed E-state index contributed by atoms with van der Waals surface area (Å²) in [6, 6.07) is 0. The summed E-state index contributed by atoms with van der Waals surface area (Å²) in [6.07, 6.45) is 5.31. The number of hydrogen-bond acceptors (Lipinski definition) is 3. The minimum Gasteiger partial charge on any atom is -0.494 e. The van der Waals surface area contributed by atoms with Gasteiger partial charge in [-0.2, -0.15) is 0 Å². The van der Waals surface area contributed by atoms with Gasteiger partial charge in [-0.25, -0.2) is 4.58 Å². The SMILES string of the molecule is COC1=CC(=[N+](C)CCO)C=CC1=N. The molecule has 4 nitrogen and oxygen atoms in total. The smallest absolute Gasteiger partial charge is 0.203 e. The lowest BCUT2D eigenvalue weighted by Crippen LogP contribution is -2.21. The van der Waals surface area contributed by atoms with E-state index < -0.39 is 0 Å². The normalized spacial score (nSPS) is 19.4. The summed E-state index contributed by atoms with van der Waals surface area (Å²) in [5.41, 5.74) is 1.31. The molecule has 0 bridgehead atoms. The highest BCUT2D eigenvalue weighted by Crippen LogP contribution is 2.06. The predicted octanol–water partition coefficient (Wildman–Crippen LogP) is 0.182. The minimum atomic E-state index is 0.113. The Bertz CT molecular complexity index is 327. The Morgan fingerprint density at radius 1 is 1.50 bits per heavy atom. The minimum absolute atomic E-state index is 0.113. The zero-order valence-corrected chi connectivity index (χ0v) is 8.45. The topological polar surface area (TPSA) is 56.3 Å². The molecule has 14 heavy (non-hydrogen) atoms. The van der Waals surface area contributed by atoms with Crippen LogP contribution in [-0.4, -0.2) is 48.4 Å². The van der Waals surface area contributed by atoms with Crippen LogP contribution in [0.2, 0.25) is 0 Å². The molecule has 0 aliphatic heterocycles. The third-order valence-corrected chi connectivity index (χ3v) is 2.06. The fourth-order valence-electron chi connectivity index (χ4n) is 1.20. The van der Waals surface area contributed by atoms with Crippen LogP contribution >= 0.6 is 0 Å². The van der Waals surface area contributed by atoms with E-state index in [1.165, 1.54) is 0 Å². The van der Waals surface area contributed by atoms with Crippen molar-refractivity contribution in [3.63, 3.8) is 0 Å². The van der Waals surface area contributed by atoms with Gasteiger partial charge in [0.25, 0.3) is 0 Å². The number of nitrogens with one attached hydrogen (secondary N) is 1. The van der Waals surface area contributed by atoms with Gasteiger partial charge in [0.05, 0.1) is 18.9 Å². The molecule has 76 valence electrons. The Morgan fingerprint density at radius 2 is 2.21 bits per heavy atom. The molecule has 2 N–H and O–H groups in total. The molecule has 0 spiro atoms. The number of aliphatic hydroxyl groups is 1. The molecule has 0 aromatic carbocycles. The lowest BCUT2D eigenvalue weighted by molar-refractivity contribution is -0.498. The lowest BCUT2D eigenvalue weighted by atomic mass is 10.1. The fraction of sp³-hybridized carbons (Fsp3) is 0.400. The van der Waals surface area contributed by atoms with Crippen molar-refractivity contribution in [3.05, 3.63) is 24.0 Å². The van der Waals surface area contributed by atoms with Gasteiger partial charge in [0.1, 0.15) is 19.4 Å². The van der Waals surface area contributed by atoms with Crippen LogP contribution in [0.25, 0.3) is 0 Å². The van der Waals surface area contributed by atoms with Gasteiger partial charge in [-0.3, -0.25) is 5.41 Å². The summed E-state index contributed by atoms with van der Waals surface area (Å²) >= 11 is 0. The summed E-state index contributed by atoms with van der Waals surface area (Å²) < 4.78 is 6.94. The fourth-order valence-corrected chi connectivity index (χ4v) is 1.20. The largest absolute Gasteiger partial charge is 0.494 e. The van der Waals surface area contributed by atoms with Crippen molar-refractivity contribution in [2.45, 2.75) is 0 Å². The molecule has 0 fully saturated rings. The molecular weight excluding hydrogens is 180 g/mol. The maximum Gasteiger partial charge on any atom is 0.203 e. The first-order chi connectivity index (χ1) is 6.69. The molecule has 0 amide bonds. The monoisotopic (exact) mass is 195 g/mol. The van der Waals surface area contributed by atoms with Gasteiger partial charge in [0.2, 0.25) is 5.71 Å². The number of nitrogens with zero attached hydrogens (tertiary/aromatic N) is 1. The van der Waals surface area contributed by atoms with Gasteiger partial charge in [0, 0.05) is 6.08 Å². The first kappa shape index (κ1) is 10.7. The van der Waals surface area contributed by atoms with Gasteiger partial charge >= 0.3 is 0 Å². The van der Waals surface area contributed by atoms with E-state index in [1.54, 1.807) is 19.3 Å². The molecule has 1 rings (SSSR count). The third-order valence-electron chi connectivity index (χ3n) is 2.06. The highest BCUT2D eigenvalue weighted by atomic mass is 16.5. The van der Waals surface area contributed by atoms with E-state index in [2.05, 4.69) is 0 Å². The Balaban J connectivity index is 2.94. The summed E-state index contributed by atoms with van der Waals surface area (Å²) in [6.45, 7) is 0.682. The molecule has 4 heteroatoms. The van der Waals surface area contributed by atoms with Crippen molar-refractivity contribution < 1.29 is 14.4 Å². The van der Waals surface area contributed by atoms with E-state index in [0.29, 0.717) is 18.0 Å². The second kappa shape index (κ2) is 4.72. The molecule has 0 atom stereocenters. The number of aliphatic hydroxyl groups excluding tert-OH is 1. The second-order valence-electron chi connectivity index (χ2n) is 3.03. The maximum atomic E-state index is 8.77. The van der Waals surface area contributed by atoms with Crippen LogP contribution in [0, 0.1) is 5.41 Å². The third kappa shape index (κ3) is 2.29. The zero-order chi connectivity index (χ0) is 10.6. The van der Waals surface area contributed by atoms with E-state index in [9.17, 15) is 0 Å². The molecule has 1 aliphatic carbocycles. The number of ether oxygens (including phenoxy) is 1. The van der Waals surface area contributed by atoms with Crippen LogP contribution in [-0.2, 0) is 4.74 Å². The van der Waals surface area contributed by atoms with E-state index in [4.69, 9.17) is 15.3 Å². The number of likely N-dealkylation sites (N-methyl/N-ethyl adjacent to an activating group) is 1. The number of hydrogen-bond donors (Lipinski definition) is 2. The average Bonchev–Trinajstić information content (AvgIpc) is 2.19. The van der Waals surface area contributed by atoms with Crippen molar-refractivity contribution in [2.75, 3.05) is 27.3 Å². The molecule has 0 aromatic rings. The molecule has 1 aliphatic rings. The van der Waals surface area contributed by atoms with Crippen molar-refractivity contribution in [2.24, 2.45) is 0 Å². The van der Waals surface area contributed by atoms with Crippen LogP contribution < -0.4 is 0 Å². The molecule has 0 aromatic heterocycles. The Morgan fingerprint density at radius 3 is 2.79 bits per heavy atom. The van der Waals surface area contributed by atoms with Crippen LogP contribution in [0.3, 0.4) is 0 Å². The average molecular weight is 195 g/mol. The van der Waals surface area contributed by atoms with E-state index in [0.717, 1.165) is 5.71 Å². The van der Waals surface area contributed by atoms with Crippen molar-refractivity contribution in [1.82, 2.24) is 0 Å². The van der Waals surface area contributed by atoms with E-state index >= 15 is 0 Å². The Labute approximate surface area is 83.3 Å². The molecule has 0 saturated heterocycles. The first-order valence-electron chi connectivity index (χ1n) is 4.40. The molecule has 0 radical (unpaired) electrons. The summed E-state index contributed by atoms with van der Waals surface area (Å²) in [5.74, 6) is 0.548. The second-order valence-corrected chi connectivity index (χ2v) is 3.03. The van der Waals surface area contributed by atoms with E-state index in [-0.39, 0.29) is 6.61 Å². The first-order valence-corrected chi connectivity index (χ1v) is 4.40. The summed E-state index contributed by atoms with van der Waals surface area (Å²) in [7, 11) is 3.43. The molecule has 0 heterocycles. The van der Waals surface area contributed by atoms with Gasteiger partial charge in [0.15, 0.2) is 6.54 Å². The Hall–Kier alpha value is -1.42. The Kier molecular flexibility index (Phi) is 3.59. The van der Waals surface area contributed by atoms with Crippen LogP contribution in [0.1, 0.15) is 0 Å². The molecule has 0 saturated carbocycles. The lowest BCUT2D eigenvalue weighted by Gasteiger charge is -2.08. The number of methoxy groups -OCH3 is 1. The summed E-state index contributed by atoms with van der Waals surface area (Å²) in [4.78, 5) is 0. The predicted molar refractivity (Wildman–Crippen MR) is 55.1 cm³/mol. The van der Waals surface area contributed by atoms with Crippen molar-refractivity contribution in [3.8, 4) is 0 Å². The van der Waals surface area contributed by atoms with Gasteiger partial charge in [-0.1, -0.05) is 0 Å². The molecule has 0 unspecified atom stereocenters.